The van der Waals surface area contributed by atoms with Gasteiger partial charge < -0.3 is 20.7 Å². The van der Waals surface area contributed by atoms with Gasteiger partial charge in [0.1, 0.15) is 12.6 Å². The van der Waals surface area contributed by atoms with Gasteiger partial charge in [-0.2, -0.15) is 0 Å². The van der Waals surface area contributed by atoms with E-state index in [0.717, 1.165) is 26.0 Å². The summed E-state index contributed by atoms with van der Waals surface area (Å²) in [5, 5.41) is 7.73. The highest BCUT2D eigenvalue weighted by Crippen LogP contribution is 2.13. The van der Waals surface area contributed by atoms with E-state index >= 15 is 0 Å². The lowest BCUT2D eigenvalue weighted by molar-refractivity contribution is -0.695. The fourth-order valence-electron chi connectivity index (χ4n) is 3.30. The third-order valence-corrected chi connectivity index (χ3v) is 4.80. The number of nitrogens with one attached hydrogen (secondary N) is 2. The Hall–Kier alpha value is -1.92. The quantitative estimate of drug-likeness (QED) is 0.678. The van der Waals surface area contributed by atoms with Gasteiger partial charge >= 0.3 is 0 Å². The molecular weight excluding hydrogens is 306 g/mol. The van der Waals surface area contributed by atoms with Crippen LogP contribution in [0.25, 0.3) is 0 Å². The molecule has 24 heavy (non-hydrogen) atoms. The number of amides is 2. The van der Waals surface area contributed by atoms with Crippen molar-refractivity contribution in [2.24, 2.45) is 0 Å². The summed E-state index contributed by atoms with van der Waals surface area (Å²) in [4.78, 5) is 24.6. The molecule has 0 saturated carbocycles. The molecule has 1 fully saturated rings. The van der Waals surface area contributed by atoms with Gasteiger partial charge in [-0.1, -0.05) is 24.3 Å². The van der Waals surface area contributed by atoms with E-state index in [0.29, 0.717) is 13.0 Å². The van der Waals surface area contributed by atoms with Crippen molar-refractivity contribution in [3.05, 3.63) is 35.4 Å². The third-order valence-electron chi connectivity index (χ3n) is 4.80. The SMILES string of the molecule is C[C@H](NC(=O)[C@@H]1Cc2ccccc2C[NH2+]1)C(=O)NC[C@H]1CCCO1. The third kappa shape index (κ3) is 4.13. The number of rotatable bonds is 5. The first kappa shape index (κ1) is 16.9. The Bertz CT molecular complexity index is 599. The molecule has 1 aromatic carbocycles. The van der Waals surface area contributed by atoms with Gasteiger partial charge in [0.15, 0.2) is 6.04 Å². The van der Waals surface area contributed by atoms with Crippen LogP contribution in [0.15, 0.2) is 24.3 Å². The molecular formula is C18H26N3O3+. The molecule has 0 aromatic heterocycles. The molecule has 6 nitrogen and oxygen atoms in total. The molecule has 0 spiro atoms. The molecule has 4 N–H and O–H groups in total. The lowest BCUT2D eigenvalue weighted by Crippen LogP contribution is -2.93. The molecule has 2 heterocycles. The number of carbonyl (C=O) groups excluding carboxylic acids is 2. The van der Waals surface area contributed by atoms with Crippen molar-refractivity contribution < 1.29 is 19.6 Å². The molecule has 0 unspecified atom stereocenters. The summed E-state index contributed by atoms with van der Waals surface area (Å²) in [7, 11) is 0. The lowest BCUT2D eigenvalue weighted by Gasteiger charge is -2.24. The van der Waals surface area contributed by atoms with Crippen LogP contribution >= 0.6 is 0 Å². The van der Waals surface area contributed by atoms with Gasteiger partial charge in [-0.05, 0) is 25.3 Å². The molecule has 2 aliphatic heterocycles. The molecule has 2 aliphatic rings. The zero-order valence-electron chi connectivity index (χ0n) is 14.1. The molecule has 6 heteroatoms. The van der Waals surface area contributed by atoms with Crippen molar-refractivity contribution >= 4 is 11.8 Å². The molecule has 3 rings (SSSR count). The van der Waals surface area contributed by atoms with Gasteiger partial charge in [-0.15, -0.1) is 0 Å². The Morgan fingerprint density at radius 1 is 1.33 bits per heavy atom. The predicted octanol–water partition coefficient (Wildman–Crippen LogP) is -0.525. The Labute approximate surface area is 142 Å². The van der Waals surface area contributed by atoms with Crippen LogP contribution in [0.3, 0.4) is 0 Å². The van der Waals surface area contributed by atoms with Crippen LogP contribution in [0.1, 0.15) is 30.9 Å². The fraction of sp³-hybridized carbons (Fsp3) is 0.556. The number of ether oxygens (including phenoxy) is 1. The maximum absolute atomic E-state index is 12.4. The Balaban J connectivity index is 1.46. The Morgan fingerprint density at radius 2 is 2.12 bits per heavy atom. The highest BCUT2D eigenvalue weighted by atomic mass is 16.5. The number of carbonyl (C=O) groups is 2. The summed E-state index contributed by atoms with van der Waals surface area (Å²) < 4.78 is 5.49. The second-order valence-electron chi connectivity index (χ2n) is 6.63. The van der Waals surface area contributed by atoms with E-state index < -0.39 is 6.04 Å². The lowest BCUT2D eigenvalue weighted by atomic mass is 9.95. The monoisotopic (exact) mass is 332 g/mol. The van der Waals surface area contributed by atoms with Crippen molar-refractivity contribution in [2.45, 2.75) is 50.9 Å². The highest BCUT2D eigenvalue weighted by Gasteiger charge is 2.29. The van der Waals surface area contributed by atoms with Crippen LogP contribution in [0, 0.1) is 0 Å². The molecule has 0 bridgehead atoms. The minimum absolute atomic E-state index is 0.0794. The Kier molecular flexibility index (Phi) is 5.48. The van der Waals surface area contributed by atoms with Crippen molar-refractivity contribution in [3.63, 3.8) is 0 Å². The fourth-order valence-corrected chi connectivity index (χ4v) is 3.30. The number of hydrogen-bond donors (Lipinski definition) is 3. The van der Waals surface area contributed by atoms with Crippen LogP contribution < -0.4 is 16.0 Å². The van der Waals surface area contributed by atoms with Crippen LogP contribution in [0.5, 0.6) is 0 Å². The van der Waals surface area contributed by atoms with E-state index in [4.69, 9.17) is 4.74 Å². The first-order chi connectivity index (χ1) is 11.6. The van der Waals surface area contributed by atoms with Crippen LogP contribution in [-0.2, 0) is 27.3 Å². The largest absolute Gasteiger partial charge is 0.376 e. The molecule has 0 aliphatic carbocycles. The number of nitrogens with two attached hydrogens (primary N) is 1. The molecule has 130 valence electrons. The molecule has 1 saturated heterocycles. The summed E-state index contributed by atoms with van der Waals surface area (Å²) in [6.45, 7) is 3.81. The number of quaternary nitrogens is 1. The molecule has 0 radical (unpaired) electrons. The zero-order chi connectivity index (χ0) is 16.9. The van der Waals surface area contributed by atoms with Crippen LogP contribution in [0.2, 0.25) is 0 Å². The maximum Gasteiger partial charge on any atom is 0.279 e. The number of fused-ring (bicyclic) bond motifs is 1. The van der Waals surface area contributed by atoms with Crippen LogP contribution in [0.4, 0.5) is 0 Å². The standard InChI is InChI=1S/C18H25N3O3/c1-12(17(22)20-11-15-7-4-8-24-15)21-18(23)16-9-13-5-2-3-6-14(13)10-19-16/h2-3,5-6,12,15-16,19H,4,7-11H2,1H3,(H,20,22)(H,21,23)/p+1/t12-,15+,16-/m0/s1. The van der Waals surface area contributed by atoms with Gasteiger partial charge in [0.2, 0.25) is 5.91 Å². The zero-order valence-corrected chi connectivity index (χ0v) is 14.1. The Morgan fingerprint density at radius 3 is 2.88 bits per heavy atom. The summed E-state index contributed by atoms with van der Waals surface area (Å²) in [6, 6.07) is 7.48. The van der Waals surface area contributed by atoms with E-state index in [9.17, 15) is 9.59 Å². The van der Waals surface area contributed by atoms with Crippen molar-refractivity contribution in [3.8, 4) is 0 Å². The van der Waals surface area contributed by atoms with E-state index in [1.807, 2.05) is 17.4 Å². The smallest absolute Gasteiger partial charge is 0.279 e. The summed E-state index contributed by atoms with van der Waals surface area (Å²) >= 11 is 0. The predicted molar refractivity (Wildman–Crippen MR) is 89.2 cm³/mol. The minimum Gasteiger partial charge on any atom is -0.376 e. The first-order valence-corrected chi connectivity index (χ1v) is 8.73. The highest BCUT2D eigenvalue weighted by molar-refractivity contribution is 5.89. The topological polar surface area (TPSA) is 84.0 Å². The minimum atomic E-state index is -0.538. The average Bonchev–Trinajstić information content (AvgIpc) is 3.12. The summed E-state index contributed by atoms with van der Waals surface area (Å²) in [6.07, 6.45) is 2.84. The van der Waals surface area contributed by atoms with Crippen molar-refractivity contribution in [2.75, 3.05) is 13.2 Å². The van der Waals surface area contributed by atoms with Gasteiger partial charge in [0, 0.05) is 25.1 Å². The normalized spacial score (nSPS) is 24.0. The van der Waals surface area contributed by atoms with Gasteiger partial charge in [-0.25, -0.2) is 0 Å². The molecule has 1 aromatic rings. The number of benzene rings is 1. The first-order valence-electron chi connectivity index (χ1n) is 8.73. The van der Waals surface area contributed by atoms with E-state index in [1.165, 1.54) is 11.1 Å². The van der Waals surface area contributed by atoms with Crippen molar-refractivity contribution in [1.29, 1.82) is 0 Å². The second kappa shape index (κ2) is 7.77. The summed E-state index contributed by atoms with van der Waals surface area (Å²) in [5.41, 5.74) is 2.50. The van der Waals surface area contributed by atoms with E-state index in [2.05, 4.69) is 22.8 Å². The molecule has 3 atom stereocenters. The maximum atomic E-state index is 12.4. The number of hydrogen-bond acceptors (Lipinski definition) is 3. The van der Waals surface area contributed by atoms with Crippen LogP contribution in [-0.4, -0.2) is 43.2 Å². The molecule has 2 amide bonds. The summed E-state index contributed by atoms with van der Waals surface area (Å²) in [5.74, 6) is -0.237. The van der Waals surface area contributed by atoms with Gasteiger partial charge in [0.05, 0.1) is 6.10 Å². The van der Waals surface area contributed by atoms with E-state index in [1.54, 1.807) is 6.92 Å². The van der Waals surface area contributed by atoms with Gasteiger partial charge in [-0.3, -0.25) is 9.59 Å². The van der Waals surface area contributed by atoms with Crippen molar-refractivity contribution in [1.82, 2.24) is 10.6 Å². The second-order valence-corrected chi connectivity index (χ2v) is 6.63. The van der Waals surface area contributed by atoms with Gasteiger partial charge in [0.25, 0.3) is 5.91 Å². The average molecular weight is 332 g/mol. The van der Waals surface area contributed by atoms with E-state index in [-0.39, 0.29) is 24.0 Å².